The van der Waals surface area contributed by atoms with Gasteiger partial charge in [-0.2, -0.15) is 0 Å². The molecule has 1 unspecified atom stereocenters. The van der Waals surface area contributed by atoms with Gasteiger partial charge >= 0.3 is 0 Å². The van der Waals surface area contributed by atoms with Gasteiger partial charge in [-0.3, -0.25) is 4.79 Å². The van der Waals surface area contributed by atoms with Crippen LogP contribution in [-0.4, -0.2) is 5.91 Å². The Morgan fingerprint density at radius 2 is 1.74 bits per heavy atom. The minimum atomic E-state index is -0.623. The molecule has 2 aromatic rings. The van der Waals surface area contributed by atoms with Gasteiger partial charge in [-0.1, -0.05) is 18.2 Å². The molecule has 19 heavy (non-hydrogen) atoms. The van der Waals surface area contributed by atoms with E-state index in [2.05, 4.69) is 5.32 Å². The number of para-hydroxylation sites is 1. The molecule has 96 valence electrons. The summed E-state index contributed by atoms with van der Waals surface area (Å²) < 4.78 is 26.3. The molecular weight excluding hydrogens is 248 g/mol. The Morgan fingerprint density at radius 3 is 2.47 bits per heavy atom. The molecule has 2 nitrogen and oxygen atoms in total. The van der Waals surface area contributed by atoms with Crippen molar-refractivity contribution >= 4 is 11.6 Å². The van der Waals surface area contributed by atoms with Crippen molar-refractivity contribution in [3.05, 3.63) is 65.2 Å². The van der Waals surface area contributed by atoms with Gasteiger partial charge in [0.25, 0.3) is 0 Å². The van der Waals surface area contributed by atoms with Crippen LogP contribution in [0.2, 0.25) is 0 Å². The van der Waals surface area contributed by atoms with Crippen molar-refractivity contribution in [2.75, 3.05) is 5.32 Å². The SMILES string of the molecule is O=C1Nc2ccccc2C1Cc1cc(F)cc(F)c1. The first-order valence-electron chi connectivity index (χ1n) is 5.98. The van der Waals surface area contributed by atoms with E-state index in [4.69, 9.17) is 0 Å². The largest absolute Gasteiger partial charge is 0.325 e. The van der Waals surface area contributed by atoms with Crippen LogP contribution in [0, 0.1) is 11.6 Å². The van der Waals surface area contributed by atoms with Crippen LogP contribution in [0.5, 0.6) is 0 Å². The second-order valence-electron chi connectivity index (χ2n) is 4.61. The van der Waals surface area contributed by atoms with Gasteiger partial charge in [0.15, 0.2) is 0 Å². The van der Waals surface area contributed by atoms with Crippen LogP contribution in [0.3, 0.4) is 0 Å². The first-order valence-corrected chi connectivity index (χ1v) is 5.98. The average Bonchev–Trinajstić information content (AvgIpc) is 2.65. The second-order valence-corrected chi connectivity index (χ2v) is 4.61. The number of carbonyl (C=O) groups excluding carboxylic acids is 1. The molecule has 0 aliphatic carbocycles. The maximum absolute atomic E-state index is 13.2. The van der Waals surface area contributed by atoms with Gasteiger partial charge in [-0.05, 0) is 35.7 Å². The van der Waals surface area contributed by atoms with Crippen LogP contribution in [0.25, 0.3) is 0 Å². The van der Waals surface area contributed by atoms with Crippen molar-refractivity contribution in [2.45, 2.75) is 12.3 Å². The summed E-state index contributed by atoms with van der Waals surface area (Å²) in [5.74, 6) is -1.77. The highest BCUT2D eigenvalue weighted by Gasteiger charge is 2.30. The van der Waals surface area contributed by atoms with Crippen molar-refractivity contribution in [1.29, 1.82) is 0 Å². The van der Waals surface area contributed by atoms with Crippen LogP contribution < -0.4 is 5.32 Å². The smallest absolute Gasteiger partial charge is 0.232 e. The van der Waals surface area contributed by atoms with Gasteiger partial charge in [-0.15, -0.1) is 0 Å². The van der Waals surface area contributed by atoms with E-state index < -0.39 is 17.6 Å². The Balaban J connectivity index is 1.93. The van der Waals surface area contributed by atoms with E-state index in [-0.39, 0.29) is 12.3 Å². The highest BCUT2D eigenvalue weighted by Crippen LogP contribution is 2.34. The third-order valence-electron chi connectivity index (χ3n) is 3.27. The van der Waals surface area contributed by atoms with Crippen LogP contribution in [0.15, 0.2) is 42.5 Å². The quantitative estimate of drug-likeness (QED) is 0.881. The lowest BCUT2D eigenvalue weighted by molar-refractivity contribution is -0.117. The Bertz CT molecular complexity index is 634. The summed E-state index contributed by atoms with van der Waals surface area (Å²) in [6.07, 6.45) is 0.289. The van der Waals surface area contributed by atoms with Gasteiger partial charge in [-0.25, -0.2) is 8.78 Å². The highest BCUT2D eigenvalue weighted by atomic mass is 19.1. The van der Waals surface area contributed by atoms with Crippen LogP contribution in [-0.2, 0) is 11.2 Å². The molecule has 0 aromatic heterocycles. The summed E-state index contributed by atoms with van der Waals surface area (Å²) in [5.41, 5.74) is 2.13. The van der Waals surface area contributed by atoms with E-state index in [1.165, 1.54) is 12.1 Å². The number of halogens is 2. The molecule has 3 rings (SSSR count). The lowest BCUT2D eigenvalue weighted by Gasteiger charge is -2.09. The Morgan fingerprint density at radius 1 is 1.05 bits per heavy atom. The fraction of sp³-hybridized carbons (Fsp3) is 0.133. The molecule has 4 heteroatoms. The van der Waals surface area contributed by atoms with Gasteiger partial charge in [0.05, 0.1) is 5.92 Å². The van der Waals surface area contributed by atoms with E-state index in [0.717, 1.165) is 17.3 Å². The Labute approximate surface area is 109 Å². The summed E-state index contributed by atoms with van der Waals surface area (Å²) in [5, 5.41) is 2.77. The highest BCUT2D eigenvalue weighted by molar-refractivity contribution is 6.03. The van der Waals surface area contributed by atoms with Crippen molar-refractivity contribution in [2.24, 2.45) is 0 Å². The predicted octanol–water partition coefficient (Wildman–Crippen LogP) is 3.24. The minimum Gasteiger partial charge on any atom is -0.325 e. The lowest BCUT2D eigenvalue weighted by atomic mass is 9.93. The number of hydrogen-bond acceptors (Lipinski definition) is 1. The van der Waals surface area contributed by atoms with Gasteiger partial charge < -0.3 is 5.32 Å². The molecule has 1 N–H and O–H groups in total. The molecule has 0 bridgehead atoms. The number of hydrogen-bond donors (Lipinski definition) is 1. The minimum absolute atomic E-state index is 0.133. The molecule has 0 spiro atoms. The molecule has 0 saturated heterocycles. The molecule has 1 atom stereocenters. The average molecular weight is 259 g/mol. The molecule has 1 aliphatic rings. The summed E-state index contributed by atoms with van der Waals surface area (Å²) in [6.45, 7) is 0. The van der Waals surface area contributed by atoms with E-state index >= 15 is 0 Å². The maximum Gasteiger partial charge on any atom is 0.232 e. The predicted molar refractivity (Wildman–Crippen MR) is 67.9 cm³/mol. The normalized spacial score (nSPS) is 17.2. The first-order chi connectivity index (χ1) is 9.13. The van der Waals surface area contributed by atoms with Crippen LogP contribution >= 0.6 is 0 Å². The van der Waals surface area contributed by atoms with Gasteiger partial charge in [0.1, 0.15) is 11.6 Å². The Kier molecular flexibility index (Phi) is 2.78. The number of nitrogens with one attached hydrogen (secondary N) is 1. The van der Waals surface area contributed by atoms with Crippen molar-refractivity contribution in [3.8, 4) is 0 Å². The third-order valence-corrected chi connectivity index (χ3v) is 3.27. The molecule has 1 aliphatic heterocycles. The van der Waals surface area contributed by atoms with Gasteiger partial charge in [0, 0.05) is 11.8 Å². The van der Waals surface area contributed by atoms with Crippen molar-refractivity contribution in [1.82, 2.24) is 0 Å². The number of rotatable bonds is 2. The van der Waals surface area contributed by atoms with Crippen LogP contribution in [0.4, 0.5) is 14.5 Å². The van der Waals surface area contributed by atoms with E-state index in [1.807, 2.05) is 24.3 Å². The second kappa shape index (κ2) is 4.46. The third kappa shape index (κ3) is 2.21. The zero-order chi connectivity index (χ0) is 13.4. The number of fused-ring (bicyclic) bond motifs is 1. The first kappa shape index (κ1) is 11.8. The molecule has 0 saturated carbocycles. The summed E-state index contributed by atoms with van der Waals surface area (Å²) in [6, 6.07) is 10.7. The van der Waals surface area contributed by atoms with Crippen molar-refractivity contribution < 1.29 is 13.6 Å². The fourth-order valence-corrected chi connectivity index (χ4v) is 2.44. The molecule has 0 radical (unpaired) electrons. The summed E-state index contributed by atoms with van der Waals surface area (Å²) in [4.78, 5) is 11.9. The topological polar surface area (TPSA) is 29.1 Å². The molecule has 1 amide bonds. The standard InChI is InChI=1S/C15H11F2NO/c16-10-5-9(6-11(17)8-10)7-13-12-3-1-2-4-14(12)18-15(13)19/h1-6,8,13H,7H2,(H,18,19). The molecular formula is C15H11F2NO. The zero-order valence-electron chi connectivity index (χ0n) is 9.99. The Hall–Kier alpha value is -2.23. The maximum atomic E-state index is 13.2. The summed E-state index contributed by atoms with van der Waals surface area (Å²) >= 11 is 0. The number of anilines is 1. The molecule has 0 fully saturated rings. The zero-order valence-corrected chi connectivity index (χ0v) is 9.99. The number of amides is 1. The van der Waals surface area contributed by atoms with Crippen LogP contribution in [0.1, 0.15) is 17.0 Å². The summed E-state index contributed by atoms with van der Waals surface area (Å²) in [7, 11) is 0. The monoisotopic (exact) mass is 259 g/mol. The molecule has 2 aromatic carbocycles. The molecule has 1 heterocycles. The lowest BCUT2D eigenvalue weighted by Crippen LogP contribution is -2.14. The number of carbonyl (C=O) groups is 1. The van der Waals surface area contributed by atoms with Gasteiger partial charge in [0.2, 0.25) is 5.91 Å². The van der Waals surface area contributed by atoms with Crippen molar-refractivity contribution in [3.63, 3.8) is 0 Å². The van der Waals surface area contributed by atoms with E-state index in [1.54, 1.807) is 0 Å². The fourth-order valence-electron chi connectivity index (χ4n) is 2.44. The number of benzene rings is 2. The van der Waals surface area contributed by atoms with E-state index in [9.17, 15) is 13.6 Å². The van der Waals surface area contributed by atoms with E-state index in [0.29, 0.717) is 5.56 Å².